The molecule has 1 aromatic heterocycles. The van der Waals surface area contributed by atoms with Gasteiger partial charge in [0.25, 0.3) is 11.6 Å². The normalized spacial score (nSPS) is 10.4. The van der Waals surface area contributed by atoms with Crippen LogP contribution < -0.4 is 0 Å². The van der Waals surface area contributed by atoms with Crippen molar-refractivity contribution >= 4 is 23.4 Å². The minimum atomic E-state index is -0.693. The average molecular weight is 309 g/mol. The molecule has 0 fully saturated rings. The van der Waals surface area contributed by atoms with Gasteiger partial charge in [-0.2, -0.15) is 0 Å². The lowest BCUT2D eigenvalue weighted by molar-refractivity contribution is -0.387. The fourth-order valence-corrected chi connectivity index (χ4v) is 2.11. The molecule has 0 aliphatic rings. The molecule has 2 aromatic rings. The highest BCUT2D eigenvalue weighted by Gasteiger charge is 2.18. The molecule has 21 heavy (non-hydrogen) atoms. The van der Waals surface area contributed by atoms with Crippen LogP contribution in [-0.4, -0.2) is 27.3 Å². The van der Waals surface area contributed by atoms with E-state index in [9.17, 15) is 14.9 Å². The summed E-state index contributed by atoms with van der Waals surface area (Å²) in [5, 5.41) is 18.2. The van der Waals surface area contributed by atoms with Gasteiger partial charge in [0.2, 0.25) is 5.89 Å². The van der Waals surface area contributed by atoms with Crippen LogP contribution in [0.25, 0.3) is 0 Å². The number of benzene rings is 1. The first-order valence-electron chi connectivity index (χ1n) is 5.80. The first-order valence-corrected chi connectivity index (χ1v) is 7.02. The molecule has 0 amide bonds. The SMILES string of the molecule is CSc1ccc(C(=O)OCc2nnc(C)o2)cc1[N+](=O)[O-]. The summed E-state index contributed by atoms with van der Waals surface area (Å²) >= 11 is 1.23. The van der Waals surface area contributed by atoms with Gasteiger partial charge in [0.1, 0.15) is 0 Å². The maximum Gasteiger partial charge on any atom is 0.338 e. The number of esters is 1. The molecular formula is C12H11N3O5S. The third-order valence-corrected chi connectivity index (χ3v) is 3.29. The molecule has 0 spiro atoms. The minimum absolute atomic E-state index is 0.0933. The fourth-order valence-electron chi connectivity index (χ4n) is 1.57. The summed E-state index contributed by atoms with van der Waals surface area (Å²) in [5.74, 6) is -0.168. The third kappa shape index (κ3) is 3.57. The first kappa shape index (κ1) is 15.0. The van der Waals surface area contributed by atoms with Crippen LogP contribution in [0.3, 0.4) is 0 Å². The Bertz CT molecular complexity index is 685. The highest BCUT2D eigenvalue weighted by atomic mass is 32.2. The van der Waals surface area contributed by atoms with Crippen molar-refractivity contribution in [3.05, 3.63) is 45.7 Å². The Hall–Kier alpha value is -2.42. The number of nitro benzene ring substituents is 1. The zero-order valence-corrected chi connectivity index (χ0v) is 12.0. The van der Waals surface area contributed by atoms with E-state index < -0.39 is 10.9 Å². The molecule has 0 aliphatic heterocycles. The van der Waals surface area contributed by atoms with Crippen molar-refractivity contribution in [3.8, 4) is 0 Å². The molecule has 0 saturated carbocycles. The smallest absolute Gasteiger partial charge is 0.338 e. The lowest BCUT2D eigenvalue weighted by Crippen LogP contribution is -2.06. The van der Waals surface area contributed by atoms with Gasteiger partial charge in [-0.1, -0.05) is 0 Å². The van der Waals surface area contributed by atoms with Gasteiger partial charge >= 0.3 is 5.97 Å². The number of aryl methyl sites for hydroxylation is 1. The number of nitro groups is 1. The summed E-state index contributed by atoms with van der Waals surface area (Å²) < 4.78 is 10.0. The van der Waals surface area contributed by atoms with Gasteiger partial charge < -0.3 is 9.15 Å². The van der Waals surface area contributed by atoms with E-state index in [2.05, 4.69) is 10.2 Å². The molecule has 0 bridgehead atoms. The summed E-state index contributed by atoms with van der Waals surface area (Å²) in [6.07, 6.45) is 1.72. The molecular weight excluding hydrogens is 298 g/mol. The van der Waals surface area contributed by atoms with Crippen LogP contribution in [0.5, 0.6) is 0 Å². The van der Waals surface area contributed by atoms with Crippen LogP contribution in [0.1, 0.15) is 22.1 Å². The Morgan fingerprint density at radius 1 is 1.48 bits per heavy atom. The van der Waals surface area contributed by atoms with Crippen LogP contribution in [-0.2, 0) is 11.3 Å². The average Bonchev–Trinajstić information content (AvgIpc) is 2.89. The molecule has 1 heterocycles. The molecule has 2 rings (SSSR count). The van der Waals surface area contributed by atoms with E-state index >= 15 is 0 Å². The Balaban J connectivity index is 2.12. The Kier molecular flexibility index (Phi) is 4.53. The number of hydrogen-bond donors (Lipinski definition) is 0. The van der Waals surface area contributed by atoms with Gasteiger partial charge in [0.05, 0.1) is 15.4 Å². The maximum absolute atomic E-state index is 11.9. The second-order valence-electron chi connectivity index (χ2n) is 3.93. The Morgan fingerprint density at radius 3 is 2.81 bits per heavy atom. The number of aromatic nitrogens is 2. The van der Waals surface area contributed by atoms with Crippen LogP contribution in [0.2, 0.25) is 0 Å². The molecule has 9 heteroatoms. The molecule has 110 valence electrons. The van der Waals surface area contributed by atoms with Crippen molar-refractivity contribution in [1.82, 2.24) is 10.2 Å². The van der Waals surface area contributed by atoms with E-state index in [1.54, 1.807) is 13.2 Å². The summed E-state index contributed by atoms with van der Waals surface area (Å²) in [6, 6.07) is 4.17. The minimum Gasteiger partial charge on any atom is -0.452 e. The Labute approximate surface area is 123 Å². The monoisotopic (exact) mass is 309 g/mol. The molecule has 1 aromatic carbocycles. The molecule has 8 nitrogen and oxygen atoms in total. The Morgan fingerprint density at radius 2 is 2.24 bits per heavy atom. The van der Waals surface area contributed by atoms with Gasteiger partial charge in [0, 0.05) is 13.0 Å². The molecule has 0 aliphatic carbocycles. The number of nitrogens with zero attached hydrogens (tertiary/aromatic N) is 3. The maximum atomic E-state index is 11.9. The fraction of sp³-hybridized carbons (Fsp3) is 0.250. The standard InChI is InChI=1S/C12H11N3O5S/c1-7-13-14-11(20-7)6-19-12(16)8-3-4-10(21-2)9(5-8)15(17)18/h3-5H,6H2,1-2H3. The number of carbonyl (C=O) groups excluding carboxylic acids is 1. The van der Waals surface area contributed by atoms with Gasteiger partial charge in [-0.15, -0.1) is 22.0 Å². The van der Waals surface area contributed by atoms with Crippen LogP contribution in [0.4, 0.5) is 5.69 Å². The van der Waals surface area contributed by atoms with Gasteiger partial charge in [0.15, 0.2) is 6.61 Å². The first-order chi connectivity index (χ1) is 10.0. The van der Waals surface area contributed by atoms with Crippen LogP contribution in [0.15, 0.2) is 27.5 Å². The van der Waals surface area contributed by atoms with Crippen LogP contribution >= 0.6 is 11.8 Å². The van der Waals surface area contributed by atoms with Gasteiger partial charge in [-0.25, -0.2) is 4.79 Å². The van der Waals surface area contributed by atoms with E-state index in [-0.39, 0.29) is 23.7 Å². The number of ether oxygens (including phenoxy) is 1. The number of hydrogen-bond acceptors (Lipinski definition) is 8. The molecule has 0 atom stereocenters. The van der Waals surface area contributed by atoms with Crippen molar-refractivity contribution in [3.63, 3.8) is 0 Å². The van der Waals surface area contributed by atoms with Crippen molar-refractivity contribution < 1.29 is 18.9 Å². The van der Waals surface area contributed by atoms with E-state index in [4.69, 9.17) is 9.15 Å². The molecule has 0 unspecified atom stereocenters. The van der Waals surface area contributed by atoms with Crippen molar-refractivity contribution in [2.24, 2.45) is 0 Å². The van der Waals surface area contributed by atoms with E-state index in [1.807, 2.05) is 0 Å². The summed E-state index contributed by atoms with van der Waals surface area (Å²) in [5.41, 5.74) is -0.0404. The topological polar surface area (TPSA) is 108 Å². The zero-order chi connectivity index (χ0) is 15.4. The van der Waals surface area contributed by atoms with E-state index in [0.29, 0.717) is 10.8 Å². The zero-order valence-electron chi connectivity index (χ0n) is 11.2. The third-order valence-electron chi connectivity index (χ3n) is 2.51. The molecule has 0 N–H and O–H groups in total. The molecule has 0 radical (unpaired) electrons. The summed E-state index contributed by atoms with van der Waals surface area (Å²) in [7, 11) is 0. The largest absolute Gasteiger partial charge is 0.452 e. The number of rotatable bonds is 5. The lowest BCUT2D eigenvalue weighted by atomic mass is 10.2. The van der Waals surface area contributed by atoms with Crippen molar-refractivity contribution in [1.29, 1.82) is 0 Å². The van der Waals surface area contributed by atoms with Crippen molar-refractivity contribution in [2.75, 3.05) is 6.26 Å². The van der Waals surface area contributed by atoms with Gasteiger partial charge in [-0.3, -0.25) is 10.1 Å². The predicted octanol–water partition coefficient (Wildman–Crippen LogP) is 2.37. The van der Waals surface area contributed by atoms with Gasteiger partial charge in [-0.05, 0) is 18.4 Å². The lowest BCUT2D eigenvalue weighted by Gasteiger charge is -2.04. The predicted molar refractivity (Wildman–Crippen MR) is 73.0 cm³/mol. The summed E-state index contributed by atoms with van der Waals surface area (Å²) in [6.45, 7) is 1.43. The number of carbonyl (C=O) groups is 1. The molecule has 0 saturated heterocycles. The second kappa shape index (κ2) is 6.35. The second-order valence-corrected chi connectivity index (χ2v) is 4.78. The quantitative estimate of drug-likeness (QED) is 0.358. The highest BCUT2D eigenvalue weighted by Crippen LogP contribution is 2.28. The van der Waals surface area contributed by atoms with Crippen molar-refractivity contribution in [2.45, 2.75) is 18.4 Å². The summed E-state index contributed by atoms with van der Waals surface area (Å²) in [4.78, 5) is 22.7. The van der Waals surface area contributed by atoms with Crippen LogP contribution in [0, 0.1) is 17.0 Å². The van der Waals surface area contributed by atoms with E-state index in [0.717, 1.165) is 0 Å². The number of thioether (sulfide) groups is 1. The van der Waals surface area contributed by atoms with E-state index in [1.165, 1.54) is 30.0 Å². The highest BCUT2D eigenvalue weighted by molar-refractivity contribution is 7.98.